The van der Waals surface area contributed by atoms with Crippen molar-refractivity contribution in [1.82, 2.24) is 0 Å². The molecule has 21 heavy (non-hydrogen) atoms. The summed E-state index contributed by atoms with van der Waals surface area (Å²) in [4.78, 5) is 1.96. The molecule has 0 atom stereocenters. The monoisotopic (exact) mass is 308 g/mol. The predicted molar refractivity (Wildman–Crippen MR) is 82.7 cm³/mol. The third-order valence-electron chi connectivity index (χ3n) is 3.09. The van der Waals surface area contributed by atoms with Crippen LogP contribution in [0.4, 0.5) is 15.8 Å². The van der Waals surface area contributed by atoms with Gasteiger partial charge in [0.25, 0.3) is 10.0 Å². The molecule has 6 heteroatoms. The lowest BCUT2D eigenvalue weighted by molar-refractivity contribution is 0.599. The zero-order valence-electron chi connectivity index (χ0n) is 12.1. The number of hydrogen-bond acceptors (Lipinski definition) is 3. The highest BCUT2D eigenvalue weighted by atomic mass is 32.2. The summed E-state index contributed by atoms with van der Waals surface area (Å²) in [5.74, 6) is -0.472. The van der Waals surface area contributed by atoms with Crippen molar-refractivity contribution in [1.29, 1.82) is 0 Å². The maximum atomic E-state index is 12.9. The highest BCUT2D eigenvalue weighted by Crippen LogP contribution is 2.24. The summed E-state index contributed by atoms with van der Waals surface area (Å²) in [6.45, 7) is 1.83. The molecule has 0 aliphatic carbocycles. The molecule has 0 aromatic heterocycles. The van der Waals surface area contributed by atoms with Gasteiger partial charge in [-0.05, 0) is 55.0 Å². The van der Waals surface area contributed by atoms with Crippen LogP contribution in [-0.4, -0.2) is 22.5 Å². The van der Waals surface area contributed by atoms with Crippen LogP contribution in [0.15, 0.2) is 47.4 Å². The molecular weight excluding hydrogens is 291 g/mol. The number of hydrogen-bond donors (Lipinski definition) is 1. The zero-order valence-corrected chi connectivity index (χ0v) is 12.9. The first-order chi connectivity index (χ1) is 9.79. The first-order valence-corrected chi connectivity index (χ1v) is 7.84. The zero-order chi connectivity index (χ0) is 15.6. The fraction of sp³-hybridized carbons (Fsp3) is 0.200. The number of rotatable bonds is 4. The smallest absolute Gasteiger partial charge is 0.261 e. The van der Waals surface area contributed by atoms with E-state index in [4.69, 9.17) is 0 Å². The largest absolute Gasteiger partial charge is 0.378 e. The van der Waals surface area contributed by atoms with Gasteiger partial charge in [0.2, 0.25) is 0 Å². The molecule has 0 aliphatic rings. The molecule has 0 saturated carbocycles. The topological polar surface area (TPSA) is 49.4 Å². The number of nitrogens with one attached hydrogen (secondary N) is 1. The molecule has 0 fully saturated rings. The third-order valence-corrected chi connectivity index (χ3v) is 4.48. The van der Waals surface area contributed by atoms with E-state index in [9.17, 15) is 12.8 Å². The van der Waals surface area contributed by atoms with Gasteiger partial charge in [-0.1, -0.05) is 0 Å². The van der Waals surface area contributed by atoms with Crippen LogP contribution in [0.2, 0.25) is 0 Å². The highest BCUT2D eigenvalue weighted by Gasteiger charge is 2.15. The van der Waals surface area contributed by atoms with Crippen LogP contribution in [0.25, 0.3) is 0 Å². The van der Waals surface area contributed by atoms with E-state index in [0.717, 1.165) is 23.4 Å². The molecule has 4 nitrogen and oxygen atoms in total. The molecule has 1 N–H and O–H groups in total. The Kier molecular flexibility index (Phi) is 4.18. The lowest BCUT2D eigenvalue weighted by atomic mass is 10.2. The van der Waals surface area contributed by atoms with Crippen molar-refractivity contribution in [2.24, 2.45) is 0 Å². The van der Waals surface area contributed by atoms with E-state index in [1.54, 1.807) is 6.07 Å². The second kappa shape index (κ2) is 5.73. The van der Waals surface area contributed by atoms with Crippen LogP contribution in [0.5, 0.6) is 0 Å². The Morgan fingerprint density at radius 3 is 2.19 bits per heavy atom. The minimum atomic E-state index is -3.72. The fourth-order valence-corrected chi connectivity index (χ4v) is 2.99. The molecule has 0 bridgehead atoms. The van der Waals surface area contributed by atoms with Crippen LogP contribution < -0.4 is 9.62 Å². The van der Waals surface area contributed by atoms with Gasteiger partial charge in [0.1, 0.15) is 5.82 Å². The molecular formula is C15H17FN2O2S. The summed E-state index contributed by atoms with van der Waals surface area (Å²) in [6.07, 6.45) is 0. The Hall–Kier alpha value is -2.08. The van der Waals surface area contributed by atoms with E-state index in [-0.39, 0.29) is 4.90 Å². The van der Waals surface area contributed by atoms with Gasteiger partial charge in [-0.3, -0.25) is 4.72 Å². The Morgan fingerprint density at radius 1 is 1.05 bits per heavy atom. The van der Waals surface area contributed by atoms with Crippen molar-refractivity contribution in [3.63, 3.8) is 0 Å². The maximum Gasteiger partial charge on any atom is 0.261 e. The third kappa shape index (κ3) is 3.52. The Labute approximate surface area is 124 Å². The number of halogens is 1. The lowest BCUT2D eigenvalue weighted by Gasteiger charge is -2.16. The molecule has 0 saturated heterocycles. The van der Waals surface area contributed by atoms with Gasteiger partial charge in [0.05, 0.1) is 10.6 Å². The number of anilines is 2. The summed E-state index contributed by atoms with van der Waals surface area (Å²) in [7, 11) is 0.112. The quantitative estimate of drug-likeness (QED) is 0.944. The molecule has 2 aromatic carbocycles. The maximum absolute atomic E-state index is 12.9. The van der Waals surface area contributed by atoms with Crippen molar-refractivity contribution in [2.75, 3.05) is 23.7 Å². The van der Waals surface area contributed by atoms with Gasteiger partial charge in [-0.25, -0.2) is 12.8 Å². The average molecular weight is 308 g/mol. The van der Waals surface area contributed by atoms with E-state index in [2.05, 4.69) is 4.72 Å². The Morgan fingerprint density at radius 2 is 1.67 bits per heavy atom. The van der Waals surface area contributed by atoms with Gasteiger partial charge in [0.15, 0.2) is 0 Å². The first kappa shape index (κ1) is 15.3. The average Bonchev–Trinajstić information content (AvgIpc) is 2.41. The van der Waals surface area contributed by atoms with Crippen molar-refractivity contribution in [3.05, 3.63) is 53.8 Å². The molecule has 2 rings (SSSR count). The number of benzene rings is 2. The van der Waals surface area contributed by atoms with Crippen molar-refractivity contribution in [3.8, 4) is 0 Å². The first-order valence-electron chi connectivity index (χ1n) is 6.36. The summed E-state index contributed by atoms with van der Waals surface area (Å²) in [6, 6.07) is 10.2. The number of nitrogens with zero attached hydrogens (tertiary/aromatic N) is 1. The highest BCUT2D eigenvalue weighted by molar-refractivity contribution is 7.92. The summed E-state index contributed by atoms with van der Waals surface area (Å²) in [5.41, 5.74) is 2.30. The van der Waals surface area contributed by atoms with E-state index >= 15 is 0 Å². The minimum absolute atomic E-state index is 0.0278. The summed E-state index contributed by atoms with van der Waals surface area (Å²) < 4.78 is 39.9. The van der Waals surface area contributed by atoms with Crippen molar-refractivity contribution < 1.29 is 12.8 Å². The number of sulfonamides is 1. The van der Waals surface area contributed by atoms with Crippen LogP contribution in [0.3, 0.4) is 0 Å². The molecule has 0 spiro atoms. The normalized spacial score (nSPS) is 11.2. The molecule has 0 aliphatic heterocycles. The van der Waals surface area contributed by atoms with Crippen LogP contribution >= 0.6 is 0 Å². The summed E-state index contributed by atoms with van der Waals surface area (Å²) in [5, 5.41) is 0. The van der Waals surface area contributed by atoms with Crippen molar-refractivity contribution >= 4 is 21.4 Å². The number of aryl methyl sites for hydroxylation is 1. The molecule has 0 heterocycles. The predicted octanol–water partition coefficient (Wildman–Crippen LogP) is 3.00. The molecule has 0 radical (unpaired) electrons. The van der Waals surface area contributed by atoms with E-state index in [1.807, 2.05) is 38.1 Å². The SMILES string of the molecule is Cc1cc(N(C)C)ccc1NS(=O)(=O)c1ccc(F)cc1. The fourth-order valence-electron chi connectivity index (χ4n) is 1.86. The molecule has 2 aromatic rings. The van der Waals surface area contributed by atoms with Crippen LogP contribution in [-0.2, 0) is 10.0 Å². The van der Waals surface area contributed by atoms with E-state index in [0.29, 0.717) is 5.69 Å². The van der Waals surface area contributed by atoms with Gasteiger partial charge >= 0.3 is 0 Å². The Balaban J connectivity index is 2.30. The Bertz CT molecular complexity index is 741. The van der Waals surface area contributed by atoms with Gasteiger partial charge < -0.3 is 4.90 Å². The standard InChI is InChI=1S/C15H17FN2O2S/c1-11-10-13(18(2)3)6-9-15(11)17-21(19,20)14-7-4-12(16)5-8-14/h4-10,17H,1-3H3. The molecule has 0 amide bonds. The van der Waals surface area contributed by atoms with E-state index < -0.39 is 15.8 Å². The minimum Gasteiger partial charge on any atom is -0.378 e. The van der Waals surface area contributed by atoms with Gasteiger partial charge in [-0.15, -0.1) is 0 Å². The van der Waals surface area contributed by atoms with Gasteiger partial charge in [-0.2, -0.15) is 0 Å². The second-order valence-corrected chi connectivity index (χ2v) is 6.64. The second-order valence-electron chi connectivity index (χ2n) is 4.95. The van der Waals surface area contributed by atoms with Crippen LogP contribution in [0, 0.1) is 12.7 Å². The van der Waals surface area contributed by atoms with Crippen molar-refractivity contribution in [2.45, 2.75) is 11.8 Å². The lowest BCUT2D eigenvalue weighted by Crippen LogP contribution is -2.14. The summed E-state index contributed by atoms with van der Waals surface area (Å²) >= 11 is 0. The van der Waals surface area contributed by atoms with Crippen LogP contribution in [0.1, 0.15) is 5.56 Å². The molecule has 112 valence electrons. The van der Waals surface area contributed by atoms with E-state index in [1.165, 1.54) is 12.1 Å². The molecule has 0 unspecified atom stereocenters. The van der Waals surface area contributed by atoms with Gasteiger partial charge in [0, 0.05) is 19.8 Å².